The minimum absolute atomic E-state index is 0.156. The third-order valence-corrected chi connectivity index (χ3v) is 7.26. The van der Waals surface area contributed by atoms with Crippen molar-refractivity contribution in [3.05, 3.63) is 101 Å². The van der Waals surface area contributed by atoms with E-state index in [0.717, 1.165) is 35.2 Å². The van der Waals surface area contributed by atoms with E-state index in [-0.39, 0.29) is 17.9 Å². The number of allylic oxidation sites excluding steroid dienone is 4. The fourth-order valence-electron chi connectivity index (χ4n) is 5.09. The molecule has 1 aliphatic carbocycles. The van der Waals surface area contributed by atoms with Gasteiger partial charge in [0.05, 0.1) is 24.9 Å². The minimum Gasteiger partial charge on any atom is -0.493 e. The smallest absolute Gasteiger partial charge is 0.255 e. The van der Waals surface area contributed by atoms with E-state index in [1.54, 1.807) is 36.4 Å². The Morgan fingerprint density at radius 2 is 1.97 bits per heavy atom. The zero-order valence-electron chi connectivity index (χ0n) is 21.3. The number of rotatable bonds is 7. The highest BCUT2D eigenvalue weighted by Gasteiger charge is 2.40. The number of nitrogens with one attached hydrogen (secondary N) is 1. The lowest BCUT2D eigenvalue weighted by Gasteiger charge is -2.29. The first kappa shape index (κ1) is 24.9. The molecule has 3 aliphatic rings. The number of nitrogens with zero attached hydrogens (tertiary/aromatic N) is 1. The number of epoxide rings is 1. The second-order valence-corrected chi connectivity index (χ2v) is 9.90. The van der Waals surface area contributed by atoms with E-state index in [1.807, 2.05) is 24.3 Å². The Hall–Kier alpha value is -4.38. The van der Waals surface area contributed by atoms with Crippen LogP contribution in [-0.4, -0.2) is 36.4 Å². The quantitative estimate of drug-likeness (QED) is 0.373. The number of anilines is 1. The summed E-state index contributed by atoms with van der Waals surface area (Å²) in [6, 6.07) is 20.2. The van der Waals surface area contributed by atoms with Gasteiger partial charge in [-0.1, -0.05) is 30.4 Å². The average molecular weight is 521 g/mol. The van der Waals surface area contributed by atoms with Crippen molar-refractivity contribution in [3.63, 3.8) is 0 Å². The van der Waals surface area contributed by atoms with Crippen LogP contribution in [0.3, 0.4) is 0 Å². The Labute approximate surface area is 226 Å². The van der Waals surface area contributed by atoms with Crippen LogP contribution in [0.4, 0.5) is 5.69 Å². The molecule has 1 amide bonds. The van der Waals surface area contributed by atoms with E-state index in [4.69, 9.17) is 14.2 Å². The van der Waals surface area contributed by atoms with Gasteiger partial charge >= 0.3 is 0 Å². The maximum Gasteiger partial charge on any atom is 0.255 e. The summed E-state index contributed by atoms with van der Waals surface area (Å²) in [5, 5.41) is 23.4. The molecule has 7 heteroatoms. The SMILES string of the molecule is N#Cc1cc2c(cc1Oc1ccc(C(=O)Nc3cccc(C4=CCCC=C4)c3)cc1)OCCC2C(O)[C@@H]1CO1. The number of amides is 1. The van der Waals surface area contributed by atoms with Crippen LogP contribution in [0.2, 0.25) is 0 Å². The summed E-state index contributed by atoms with van der Waals surface area (Å²) in [6.45, 7) is 1.02. The van der Waals surface area contributed by atoms with Crippen LogP contribution in [0.15, 0.2) is 78.9 Å². The summed E-state index contributed by atoms with van der Waals surface area (Å²) in [6.07, 6.45) is 8.41. The summed E-state index contributed by atoms with van der Waals surface area (Å²) in [5.41, 5.74) is 4.57. The summed E-state index contributed by atoms with van der Waals surface area (Å²) < 4.78 is 17.1. The second kappa shape index (κ2) is 10.8. The summed E-state index contributed by atoms with van der Waals surface area (Å²) in [4.78, 5) is 12.9. The highest BCUT2D eigenvalue weighted by molar-refractivity contribution is 6.04. The molecule has 3 atom stereocenters. The van der Waals surface area contributed by atoms with Crippen LogP contribution in [0, 0.1) is 11.3 Å². The van der Waals surface area contributed by atoms with Crippen LogP contribution in [0.1, 0.15) is 52.2 Å². The van der Waals surface area contributed by atoms with Gasteiger partial charge in [-0.2, -0.15) is 5.26 Å². The first-order valence-corrected chi connectivity index (χ1v) is 13.2. The van der Waals surface area contributed by atoms with E-state index < -0.39 is 6.10 Å². The van der Waals surface area contributed by atoms with Crippen molar-refractivity contribution >= 4 is 17.2 Å². The highest BCUT2D eigenvalue weighted by atomic mass is 16.6. The molecule has 196 valence electrons. The molecule has 3 aromatic carbocycles. The normalized spacial score (nSPS) is 20.1. The molecule has 1 saturated heterocycles. The number of aliphatic hydroxyl groups is 1. The maximum absolute atomic E-state index is 12.9. The molecule has 39 heavy (non-hydrogen) atoms. The molecule has 0 spiro atoms. The van der Waals surface area contributed by atoms with Crippen LogP contribution in [0.5, 0.6) is 17.2 Å². The first-order valence-electron chi connectivity index (χ1n) is 13.2. The molecular formula is C32H28N2O5. The summed E-state index contributed by atoms with van der Waals surface area (Å²) in [7, 11) is 0. The monoisotopic (exact) mass is 520 g/mol. The molecule has 1 fully saturated rings. The molecule has 0 radical (unpaired) electrons. The van der Waals surface area contributed by atoms with Crippen molar-refractivity contribution in [1.29, 1.82) is 5.26 Å². The number of carbonyl (C=O) groups is 1. The van der Waals surface area contributed by atoms with Crippen molar-refractivity contribution in [2.75, 3.05) is 18.5 Å². The van der Waals surface area contributed by atoms with Gasteiger partial charge in [0.1, 0.15) is 29.4 Å². The zero-order valence-corrected chi connectivity index (χ0v) is 21.3. The van der Waals surface area contributed by atoms with Crippen LogP contribution in [0.25, 0.3) is 5.57 Å². The molecule has 0 bridgehead atoms. The largest absolute Gasteiger partial charge is 0.493 e. The third-order valence-electron chi connectivity index (χ3n) is 7.26. The molecule has 2 N–H and O–H groups in total. The van der Waals surface area contributed by atoms with Gasteiger partial charge in [0.25, 0.3) is 5.91 Å². The van der Waals surface area contributed by atoms with Gasteiger partial charge in [0.2, 0.25) is 0 Å². The number of ether oxygens (including phenoxy) is 3. The number of nitriles is 1. The van der Waals surface area contributed by atoms with Crippen molar-refractivity contribution in [2.24, 2.45) is 0 Å². The first-order chi connectivity index (χ1) is 19.1. The number of benzene rings is 3. The number of aliphatic hydroxyl groups excluding tert-OH is 1. The van der Waals surface area contributed by atoms with Gasteiger partial charge in [-0.05, 0) is 72.9 Å². The highest BCUT2D eigenvalue weighted by Crippen LogP contribution is 2.42. The van der Waals surface area contributed by atoms with Gasteiger partial charge in [-0.25, -0.2) is 0 Å². The van der Waals surface area contributed by atoms with Gasteiger partial charge in [0.15, 0.2) is 0 Å². The lowest BCUT2D eigenvalue weighted by Crippen LogP contribution is -2.29. The van der Waals surface area contributed by atoms with E-state index in [0.29, 0.717) is 48.0 Å². The summed E-state index contributed by atoms with van der Waals surface area (Å²) in [5.74, 6) is 1.05. The van der Waals surface area contributed by atoms with E-state index in [2.05, 4.69) is 29.6 Å². The zero-order chi connectivity index (χ0) is 26.8. The molecule has 2 aliphatic heterocycles. The molecule has 6 rings (SSSR count). The summed E-state index contributed by atoms with van der Waals surface area (Å²) >= 11 is 0. The van der Waals surface area contributed by atoms with Gasteiger partial charge < -0.3 is 24.6 Å². The number of carbonyl (C=O) groups excluding carboxylic acids is 1. The third kappa shape index (κ3) is 5.44. The van der Waals surface area contributed by atoms with Crippen LogP contribution in [-0.2, 0) is 4.74 Å². The second-order valence-electron chi connectivity index (χ2n) is 9.90. The van der Waals surface area contributed by atoms with Gasteiger partial charge in [-0.15, -0.1) is 0 Å². The Kier molecular flexibility index (Phi) is 6.89. The van der Waals surface area contributed by atoms with Crippen LogP contribution < -0.4 is 14.8 Å². The van der Waals surface area contributed by atoms with E-state index in [9.17, 15) is 15.2 Å². The standard InChI is InChI=1S/C32H28N2O5/c33-18-23-16-27-26(31(35)30-19-38-30)13-14-37-29(27)17-28(23)39-25-11-9-21(10-12-25)32(36)34-24-8-4-7-22(15-24)20-5-2-1-3-6-20/h2,4-12,15-17,26,30-31,35H,1,3,13-14,19H2,(H,34,36)/t26?,30-,31?/m0/s1. The molecule has 2 unspecified atom stereocenters. The number of hydrogen-bond acceptors (Lipinski definition) is 6. The van der Waals surface area contributed by atoms with E-state index >= 15 is 0 Å². The number of fused-ring (bicyclic) bond motifs is 1. The molecule has 0 aromatic heterocycles. The minimum atomic E-state index is -0.631. The van der Waals surface area contributed by atoms with E-state index in [1.165, 1.54) is 0 Å². The van der Waals surface area contributed by atoms with Crippen molar-refractivity contribution in [3.8, 4) is 23.3 Å². The molecule has 2 heterocycles. The molecular weight excluding hydrogens is 492 g/mol. The fourth-order valence-corrected chi connectivity index (χ4v) is 5.09. The molecule has 7 nitrogen and oxygen atoms in total. The Bertz CT molecular complexity index is 1500. The Balaban J connectivity index is 1.16. The fraction of sp³-hybridized carbons (Fsp3) is 0.250. The Morgan fingerprint density at radius 1 is 1.13 bits per heavy atom. The Morgan fingerprint density at radius 3 is 2.72 bits per heavy atom. The predicted molar refractivity (Wildman–Crippen MR) is 147 cm³/mol. The lowest BCUT2D eigenvalue weighted by molar-refractivity contribution is 0.0881. The van der Waals surface area contributed by atoms with Crippen molar-refractivity contribution in [2.45, 2.75) is 37.4 Å². The lowest BCUT2D eigenvalue weighted by atomic mass is 9.86. The predicted octanol–water partition coefficient (Wildman–Crippen LogP) is 5.96. The maximum atomic E-state index is 12.9. The number of hydrogen-bond donors (Lipinski definition) is 2. The topological polar surface area (TPSA) is 104 Å². The molecule has 0 saturated carbocycles. The van der Waals surface area contributed by atoms with Crippen molar-refractivity contribution in [1.82, 2.24) is 0 Å². The molecule has 3 aromatic rings. The average Bonchev–Trinajstić information content (AvgIpc) is 3.83. The van der Waals surface area contributed by atoms with Gasteiger partial charge in [0, 0.05) is 28.8 Å². The van der Waals surface area contributed by atoms with Crippen LogP contribution >= 0.6 is 0 Å². The van der Waals surface area contributed by atoms with Crippen molar-refractivity contribution < 1.29 is 24.1 Å². The van der Waals surface area contributed by atoms with Gasteiger partial charge in [-0.3, -0.25) is 4.79 Å².